The Morgan fingerprint density at radius 3 is 1.97 bits per heavy atom. The Hall–Kier alpha value is -1.91. The lowest BCUT2D eigenvalue weighted by atomic mass is 9.94. The summed E-state index contributed by atoms with van der Waals surface area (Å²) in [6.07, 6.45) is -8.37. The molecule has 2 atom stereocenters. The quantitative estimate of drug-likeness (QED) is 0.551. The Labute approximate surface area is 159 Å². The van der Waals surface area contributed by atoms with Gasteiger partial charge in [-0.1, -0.05) is 18.2 Å². The van der Waals surface area contributed by atoms with Crippen molar-refractivity contribution in [1.82, 2.24) is 4.90 Å². The van der Waals surface area contributed by atoms with Crippen molar-refractivity contribution in [2.24, 2.45) is 0 Å². The first kappa shape index (κ1) is 21.8. The molecule has 1 aromatic rings. The van der Waals surface area contributed by atoms with E-state index in [0.29, 0.717) is 18.0 Å². The van der Waals surface area contributed by atoms with Crippen molar-refractivity contribution >= 4 is 5.57 Å². The molecule has 0 spiro atoms. The zero-order valence-corrected chi connectivity index (χ0v) is 14.9. The standard InChI is InChI=1S/C18H16F9NO/c1-28-12-4-5-13(28)9-11(8-12)10-2-6-14(7-3-10)29-18(26,27)16(21,22)15(19,20)17(23,24)25/h2-3,6-8,12-13H,4-5,9H2,1H3/i1-1. The minimum Gasteiger partial charge on any atom is -0.428 e. The van der Waals surface area contributed by atoms with Gasteiger partial charge in [0.25, 0.3) is 0 Å². The highest BCUT2D eigenvalue weighted by molar-refractivity contribution is 5.68. The van der Waals surface area contributed by atoms with Crippen LogP contribution in [-0.2, 0) is 0 Å². The molecular weight excluding hydrogens is 416 g/mol. The van der Waals surface area contributed by atoms with Gasteiger partial charge in [-0.25, -0.2) is 0 Å². The van der Waals surface area contributed by atoms with E-state index in [4.69, 9.17) is 0 Å². The molecule has 2 aliphatic heterocycles. The third-order valence-corrected chi connectivity index (χ3v) is 5.33. The van der Waals surface area contributed by atoms with Crippen molar-refractivity contribution < 1.29 is 44.3 Å². The van der Waals surface area contributed by atoms with Crippen LogP contribution in [0.4, 0.5) is 39.5 Å². The van der Waals surface area contributed by atoms with Crippen LogP contribution in [0.15, 0.2) is 30.3 Å². The predicted octanol–water partition coefficient (Wildman–Crippen LogP) is 5.74. The van der Waals surface area contributed by atoms with E-state index in [1.807, 2.05) is 13.1 Å². The molecule has 0 N–H and O–H groups in total. The Bertz CT molecular complexity index is 786. The molecular formula is C18H16F9NO. The molecule has 2 bridgehead atoms. The Morgan fingerprint density at radius 2 is 1.45 bits per heavy atom. The fourth-order valence-corrected chi connectivity index (χ4v) is 3.57. The summed E-state index contributed by atoms with van der Waals surface area (Å²) in [5, 5.41) is 0. The number of benzene rings is 1. The maximum absolute atomic E-state index is 13.6. The van der Waals surface area contributed by atoms with E-state index in [0.717, 1.165) is 30.5 Å². The fraction of sp³-hybridized carbons (Fsp3) is 0.556. The van der Waals surface area contributed by atoms with Gasteiger partial charge in [0.1, 0.15) is 5.75 Å². The summed E-state index contributed by atoms with van der Waals surface area (Å²) in [4.78, 5) is 2.20. The first-order valence-corrected chi connectivity index (χ1v) is 8.59. The molecule has 162 valence electrons. The molecule has 0 aromatic heterocycles. The highest BCUT2D eigenvalue weighted by atomic mass is 19.4. The van der Waals surface area contributed by atoms with Crippen LogP contribution in [0.25, 0.3) is 5.57 Å². The molecule has 0 amide bonds. The molecule has 3 rings (SSSR count). The number of alkyl halides is 9. The molecule has 11 heteroatoms. The number of ether oxygens (including phenoxy) is 1. The smallest absolute Gasteiger partial charge is 0.428 e. The lowest BCUT2D eigenvalue weighted by Crippen LogP contribution is -2.62. The topological polar surface area (TPSA) is 12.5 Å². The number of nitrogens with zero attached hydrogens (tertiary/aromatic N) is 1. The predicted molar refractivity (Wildman–Crippen MR) is 85.1 cm³/mol. The summed E-state index contributed by atoms with van der Waals surface area (Å²) in [5.41, 5.74) is 1.50. The van der Waals surface area contributed by atoms with E-state index in [1.165, 1.54) is 12.1 Å². The molecule has 1 aromatic carbocycles. The van der Waals surface area contributed by atoms with Gasteiger partial charge in [0.05, 0.1) is 0 Å². The summed E-state index contributed by atoms with van der Waals surface area (Å²) >= 11 is 0. The summed E-state index contributed by atoms with van der Waals surface area (Å²) in [6, 6.07) is 4.71. The summed E-state index contributed by atoms with van der Waals surface area (Å²) in [5.74, 6) is -14.8. The van der Waals surface area contributed by atoms with Gasteiger partial charge < -0.3 is 4.74 Å². The van der Waals surface area contributed by atoms with Crippen LogP contribution in [0.5, 0.6) is 5.75 Å². The zero-order valence-electron chi connectivity index (χ0n) is 14.9. The molecule has 1 saturated heterocycles. The van der Waals surface area contributed by atoms with E-state index in [2.05, 4.69) is 9.64 Å². The molecule has 1 fully saturated rings. The minimum atomic E-state index is -6.98. The van der Waals surface area contributed by atoms with Crippen LogP contribution in [0, 0.1) is 0 Å². The van der Waals surface area contributed by atoms with Crippen molar-refractivity contribution in [3.63, 3.8) is 0 Å². The zero-order chi connectivity index (χ0) is 21.8. The van der Waals surface area contributed by atoms with Crippen LogP contribution < -0.4 is 4.74 Å². The molecule has 2 nitrogen and oxygen atoms in total. The van der Waals surface area contributed by atoms with Gasteiger partial charge in [-0.15, -0.1) is 0 Å². The van der Waals surface area contributed by atoms with Gasteiger partial charge in [0.2, 0.25) is 0 Å². The van der Waals surface area contributed by atoms with Crippen LogP contribution >= 0.6 is 0 Å². The number of hydrogen-bond donors (Lipinski definition) is 0. The Balaban J connectivity index is 1.78. The molecule has 2 heterocycles. The van der Waals surface area contributed by atoms with Crippen LogP contribution in [0.1, 0.15) is 24.8 Å². The Morgan fingerprint density at radius 1 is 0.862 bits per heavy atom. The first-order valence-electron chi connectivity index (χ1n) is 8.59. The third-order valence-electron chi connectivity index (χ3n) is 5.33. The monoisotopic (exact) mass is 432 g/mol. The Kier molecular flexibility index (Phi) is 5.12. The van der Waals surface area contributed by atoms with Gasteiger partial charge in [-0.2, -0.15) is 39.5 Å². The lowest BCUT2D eigenvalue weighted by Gasteiger charge is -2.33. The summed E-state index contributed by atoms with van der Waals surface area (Å²) in [6.45, 7) is 0. The second-order valence-corrected chi connectivity index (χ2v) is 7.15. The first-order chi connectivity index (χ1) is 13.2. The maximum Gasteiger partial charge on any atom is 0.471 e. The van der Waals surface area contributed by atoms with E-state index in [1.54, 1.807) is 0 Å². The molecule has 0 radical (unpaired) electrons. The van der Waals surface area contributed by atoms with Crippen molar-refractivity contribution in [1.29, 1.82) is 0 Å². The average Bonchev–Trinajstić information content (AvgIpc) is 2.81. The van der Waals surface area contributed by atoms with E-state index >= 15 is 0 Å². The van der Waals surface area contributed by atoms with Crippen molar-refractivity contribution in [2.75, 3.05) is 7.05 Å². The second-order valence-electron chi connectivity index (χ2n) is 7.15. The van der Waals surface area contributed by atoms with Gasteiger partial charge in [-0.05, 0) is 49.6 Å². The maximum atomic E-state index is 13.6. The second kappa shape index (κ2) is 6.82. The van der Waals surface area contributed by atoms with E-state index in [-0.39, 0.29) is 6.04 Å². The van der Waals surface area contributed by atoms with Crippen molar-refractivity contribution in [2.45, 2.75) is 55.5 Å². The number of hydrogen-bond acceptors (Lipinski definition) is 2. The average molecular weight is 432 g/mol. The number of halogens is 9. The fourth-order valence-electron chi connectivity index (χ4n) is 3.57. The van der Waals surface area contributed by atoms with E-state index in [9.17, 15) is 39.5 Å². The van der Waals surface area contributed by atoms with E-state index < -0.39 is 29.9 Å². The van der Waals surface area contributed by atoms with Crippen molar-refractivity contribution in [3.05, 3.63) is 35.9 Å². The SMILES string of the molecule is [11CH3]N1C2C=C(c3ccc(OC(F)(F)C(F)(F)C(F)(F)C(F)(F)F)cc3)CC1CC2. The number of likely N-dealkylation sites (N-methyl/N-ethyl adjacent to an activating group) is 1. The van der Waals surface area contributed by atoms with Gasteiger partial charge >= 0.3 is 24.1 Å². The van der Waals surface area contributed by atoms with Crippen LogP contribution in [0.2, 0.25) is 0 Å². The molecule has 29 heavy (non-hydrogen) atoms. The number of fused-ring (bicyclic) bond motifs is 2. The molecule has 2 aliphatic rings. The van der Waals surface area contributed by atoms with Crippen LogP contribution in [0.3, 0.4) is 0 Å². The normalized spacial score (nSPS) is 23.9. The number of rotatable bonds is 5. The summed E-state index contributed by atoms with van der Waals surface area (Å²) < 4.78 is 119. The van der Waals surface area contributed by atoms with Gasteiger partial charge in [0.15, 0.2) is 0 Å². The molecule has 0 aliphatic carbocycles. The highest BCUT2D eigenvalue weighted by Gasteiger charge is 2.83. The van der Waals surface area contributed by atoms with Gasteiger partial charge in [0, 0.05) is 12.1 Å². The minimum absolute atomic E-state index is 0.215. The third kappa shape index (κ3) is 3.57. The largest absolute Gasteiger partial charge is 0.471 e. The van der Waals surface area contributed by atoms with Crippen molar-refractivity contribution in [3.8, 4) is 5.75 Å². The molecule has 0 saturated carbocycles. The van der Waals surface area contributed by atoms with Gasteiger partial charge in [-0.3, -0.25) is 4.90 Å². The highest BCUT2D eigenvalue weighted by Crippen LogP contribution is 2.53. The lowest BCUT2D eigenvalue weighted by molar-refractivity contribution is -0.428. The molecule has 2 unspecified atom stereocenters. The van der Waals surface area contributed by atoms with Crippen LogP contribution in [-0.4, -0.2) is 48.2 Å². The summed E-state index contributed by atoms with van der Waals surface area (Å²) in [7, 11) is 1.98.